The van der Waals surface area contributed by atoms with E-state index in [0.29, 0.717) is 0 Å². The molecule has 4 aromatic rings. The summed E-state index contributed by atoms with van der Waals surface area (Å²) in [6.45, 7) is 8.60. The van der Waals surface area contributed by atoms with Crippen LogP contribution in [-0.4, -0.2) is 46.3 Å². The number of hydrogen-bond acceptors (Lipinski definition) is 5. The second-order valence-corrected chi connectivity index (χ2v) is 8.16. The van der Waals surface area contributed by atoms with Crippen molar-refractivity contribution in [2.45, 2.75) is 20.4 Å². The van der Waals surface area contributed by atoms with Crippen LogP contribution >= 0.6 is 11.3 Å². The maximum Gasteiger partial charge on any atom is 0.137 e. The van der Waals surface area contributed by atoms with E-state index < -0.39 is 0 Å². The van der Waals surface area contributed by atoms with Crippen molar-refractivity contribution in [3.63, 3.8) is 0 Å². The van der Waals surface area contributed by atoms with Crippen LogP contribution in [0.2, 0.25) is 0 Å². The van der Waals surface area contributed by atoms with Gasteiger partial charge in [-0.15, -0.1) is 11.3 Å². The van der Waals surface area contributed by atoms with E-state index in [-0.39, 0.29) is 5.75 Å². The van der Waals surface area contributed by atoms with Crippen LogP contribution in [0.1, 0.15) is 18.7 Å². The monoisotopic (exact) mass is 421 g/mol. The number of nitrogens with zero attached hydrogens (tertiary/aromatic N) is 2. The van der Waals surface area contributed by atoms with Crippen LogP contribution in [0.4, 0.5) is 0 Å². The fourth-order valence-corrected chi connectivity index (χ4v) is 4.69. The number of hydrogen-bond donors (Lipinski definition) is 2. The molecule has 30 heavy (non-hydrogen) atoms. The van der Waals surface area contributed by atoms with E-state index in [1.807, 2.05) is 55.8 Å². The number of aromatic nitrogens is 2. The third-order valence-electron chi connectivity index (χ3n) is 5.15. The lowest BCUT2D eigenvalue weighted by molar-refractivity contribution is 0.0346. The van der Waals surface area contributed by atoms with Gasteiger partial charge in [0.1, 0.15) is 11.4 Å². The standard InChI is InChI=1S/C22H21N3O2S.C2H6/c26-20-4-2-1-3-17(20)19-13-24-22-18(19)11-15(12-23-22)21-6-5-16(28-21)14-25-7-9-27-10-8-25;1-2/h1-6,11-13,26H,7-10,14H2,(H,23,24);1-2H3. The van der Waals surface area contributed by atoms with E-state index in [2.05, 4.69) is 33.1 Å². The zero-order chi connectivity index (χ0) is 20.9. The Morgan fingerprint density at radius 2 is 1.90 bits per heavy atom. The van der Waals surface area contributed by atoms with Crippen LogP contribution in [0.3, 0.4) is 0 Å². The van der Waals surface area contributed by atoms with E-state index in [1.54, 1.807) is 6.07 Å². The SMILES string of the molecule is CC.Oc1ccccc1-c1c[nH]c2ncc(-c3ccc(CN4CCOCC4)s3)cc12. The first kappa shape index (κ1) is 20.6. The van der Waals surface area contributed by atoms with Gasteiger partial charge in [-0.1, -0.05) is 32.0 Å². The Bertz CT molecular complexity index is 1110. The van der Waals surface area contributed by atoms with Gasteiger partial charge in [-0.3, -0.25) is 4.90 Å². The summed E-state index contributed by atoms with van der Waals surface area (Å²) in [5, 5.41) is 11.3. The zero-order valence-electron chi connectivity index (χ0n) is 17.4. The number of thiophene rings is 1. The average molecular weight is 422 g/mol. The van der Waals surface area contributed by atoms with Crippen molar-refractivity contribution in [3.8, 4) is 27.3 Å². The van der Waals surface area contributed by atoms with E-state index in [4.69, 9.17) is 4.74 Å². The predicted molar refractivity (Wildman–Crippen MR) is 124 cm³/mol. The number of para-hydroxylation sites is 1. The maximum absolute atomic E-state index is 10.2. The molecule has 1 aliphatic rings. The first-order valence-electron chi connectivity index (χ1n) is 10.4. The highest BCUT2D eigenvalue weighted by molar-refractivity contribution is 7.15. The molecule has 1 saturated heterocycles. The Hall–Kier alpha value is -2.67. The highest BCUT2D eigenvalue weighted by Gasteiger charge is 2.14. The number of nitrogens with one attached hydrogen (secondary N) is 1. The van der Waals surface area contributed by atoms with E-state index in [9.17, 15) is 5.11 Å². The molecule has 0 saturated carbocycles. The van der Waals surface area contributed by atoms with Crippen LogP contribution in [0, 0.1) is 0 Å². The number of phenolic OH excluding ortho intramolecular Hbond substituents is 1. The number of phenols is 1. The summed E-state index contributed by atoms with van der Waals surface area (Å²) in [6, 6.07) is 13.9. The van der Waals surface area contributed by atoms with E-state index in [0.717, 1.165) is 60.6 Å². The molecular weight excluding hydrogens is 394 g/mol. The molecule has 1 fully saturated rings. The number of ether oxygens (including phenoxy) is 1. The first-order chi connectivity index (χ1) is 14.8. The molecule has 0 atom stereocenters. The summed E-state index contributed by atoms with van der Waals surface area (Å²) in [5.41, 5.74) is 3.70. The Morgan fingerprint density at radius 1 is 1.10 bits per heavy atom. The lowest BCUT2D eigenvalue weighted by atomic mass is 10.0. The van der Waals surface area contributed by atoms with Gasteiger partial charge in [0.05, 0.1) is 13.2 Å². The quantitative estimate of drug-likeness (QED) is 0.455. The highest BCUT2D eigenvalue weighted by Crippen LogP contribution is 2.36. The van der Waals surface area contributed by atoms with E-state index >= 15 is 0 Å². The lowest BCUT2D eigenvalue weighted by Crippen LogP contribution is -2.35. The first-order valence-corrected chi connectivity index (χ1v) is 11.2. The molecule has 0 aliphatic carbocycles. The second kappa shape index (κ2) is 9.43. The van der Waals surface area contributed by atoms with Gasteiger partial charge in [0.25, 0.3) is 0 Å². The molecule has 4 heterocycles. The number of fused-ring (bicyclic) bond motifs is 1. The summed E-state index contributed by atoms with van der Waals surface area (Å²) in [7, 11) is 0. The topological polar surface area (TPSA) is 61.4 Å². The van der Waals surface area contributed by atoms with Crippen molar-refractivity contribution in [2.75, 3.05) is 26.3 Å². The molecule has 0 radical (unpaired) electrons. The summed E-state index contributed by atoms with van der Waals surface area (Å²) >= 11 is 1.81. The molecular formula is C24H27N3O2S. The number of morpholine rings is 1. The van der Waals surface area contributed by atoms with Crippen molar-refractivity contribution in [1.82, 2.24) is 14.9 Å². The summed E-state index contributed by atoms with van der Waals surface area (Å²) in [4.78, 5) is 12.8. The molecule has 0 bridgehead atoms. The van der Waals surface area contributed by atoms with Crippen LogP contribution in [0.25, 0.3) is 32.6 Å². The Kier molecular flexibility index (Phi) is 6.47. The minimum absolute atomic E-state index is 0.276. The number of aromatic amines is 1. The molecule has 1 aliphatic heterocycles. The van der Waals surface area contributed by atoms with Gasteiger partial charge >= 0.3 is 0 Å². The molecule has 2 N–H and O–H groups in total. The van der Waals surface area contributed by atoms with Gasteiger partial charge in [0.2, 0.25) is 0 Å². The molecule has 1 aromatic carbocycles. The third kappa shape index (κ3) is 4.26. The molecule has 5 rings (SSSR count). The van der Waals surface area contributed by atoms with Crippen molar-refractivity contribution in [2.24, 2.45) is 0 Å². The Labute approximate surface area is 181 Å². The lowest BCUT2D eigenvalue weighted by Gasteiger charge is -2.25. The normalized spacial score (nSPS) is 14.5. The number of pyridine rings is 1. The van der Waals surface area contributed by atoms with Gasteiger partial charge in [-0.25, -0.2) is 4.98 Å². The Morgan fingerprint density at radius 3 is 2.70 bits per heavy atom. The van der Waals surface area contributed by atoms with Gasteiger partial charge in [-0.2, -0.15) is 0 Å². The minimum atomic E-state index is 0.276. The number of rotatable bonds is 4. The van der Waals surface area contributed by atoms with Crippen LogP contribution in [0.15, 0.2) is 54.9 Å². The molecule has 6 heteroatoms. The summed E-state index contributed by atoms with van der Waals surface area (Å²) in [6.07, 6.45) is 3.83. The van der Waals surface area contributed by atoms with Gasteiger partial charge in [0.15, 0.2) is 0 Å². The molecule has 3 aromatic heterocycles. The number of aromatic hydroxyl groups is 1. The van der Waals surface area contributed by atoms with E-state index in [1.165, 1.54) is 9.75 Å². The van der Waals surface area contributed by atoms with Gasteiger partial charge in [-0.05, 0) is 24.3 Å². The number of benzene rings is 1. The maximum atomic E-state index is 10.2. The largest absolute Gasteiger partial charge is 0.507 e. The molecule has 0 amide bonds. The summed E-state index contributed by atoms with van der Waals surface area (Å²) in [5.74, 6) is 0.276. The molecule has 0 unspecified atom stereocenters. The molecule has 0 spiro atoms. The average Bonchev–Trinajstić information content (AvgIpc) is 3.43. The fraction of sp³-hybridized carbons (Fsp3) is 0.292. The van der Waals surface area contributed by atoms with Crippen LogP contribution < -0.4 is 0 Å². The predicted octanol–water partition coefficient (Wildman–Crippen LogP) is 5.52. The van der Waals surface area contributed by atoms with Gasteiger partial charge < -0.3 is 14.8 Å². The highest BCUT2D eigenvalue weighted by atomic mass is 32.1. The van der Waals surface area contributed by atoms with Crippen molar-refractivity contribution < 1.29 is 9.84 Å². The van der Waals surface area contributed by atoms with Gasteiger partial charge in [0, 0.05) is 63.9 Å². The van der Waals surface area contributed by atoms with Crippen LogP contribution in [0.5, 0.6) is 5.75 Å². The molecule has 156 valence electrons. The van der Waals surface area contributed by atoms with Crippen molar-refractivity contribution in [1.29, 1.82) is 0 Å². The van der Waals surface area contributed by atoms with Crippen molar-refractivity contribution >= 4 is 22.4 Å². The number of H-pyrrole nitrogens is 1. The minimum Gasteiger partial charge on any atom is -0.507 e. The smallest absolute Gasteiger partial charge is 0.137 e. The summed E-state index contributed by atoms with van der Waals surface area (Å²) < 4.78 is 5.43. The fourth-order valence-electron chi connectivity index (χ4n) is 3.66. The molecule has 5 nitrogen and oxygen atoms in total. The second-order valence-electron chi connectivity index (χ2n) is 6.99. The Balaban J connectivity index is 0.00000106. The zero-order valence-corrected chi connectivity index (χ0v) is 18.2. The van der Waals surface area contributed by atoms with Crippen LogP contribution in [-0.2, 0) is 11.3 Å². The van der Waals surface area contributed by atoms with Crippen molar-refractivity contribution in [3.05, 3.63) is 59.7 Å². The third-order valence-corrected chi connectivity index (χ3v) is 6.27.